The molecular formula is C33H42Cl2N6O4S. The summed E-state index contributed by atoms with van der Waals surface area (Å²) >= 11 is 0. The number of amidine groups is 1. The van der Waals surface area contributed by atoms with Gasteiger partial charge in [0.15, 0.2) is 0 Å². The number of carbonyl (C=O) groups excluding carboxylic acids is 1. The lowest BCUT2D eigenvalue weighted by Crippen LogP contribution is -2.38. The number of hydrogen-bond acceptors (Lipinski definition) is 7. The third kappa shape index (κ3) is 8.79. The van der Waals surface area contributed by atoms with E-state index in [2.05, 4.69) is 9.47 Å². The maximum absolute atomic E-state index is 13.9. The number of nitrogens with one attached hydrogen (secondary N) is 1. The van der Waals surface area contributed by atoms with Gasteiger partial charge in [-0.3, -0.25) is 14.5 Å². The lowest BCUT2D eigenvalue weighted by Gasteiger charge is -2.27. The van der Waals surface area contributed by atoms with E-state index in [1.807, 2.05) is 48.5 Å². The van der Waals surface area contributed by atoms with Crippen LogP contribution < -0.4 is 10.0 Å². The molecule has 4 aromatic rings. The Labute approximate surface area is 283 Å². The van der Waals surface area contributed by atoms with E-state index in [1.165, 1.54) is 4.31 Å². The minimum atomic E-state index is -3.81. The molecule has 10 nitrogen and oxygen atoms in total. The van der Waals surface area contributed by atoms with Crippen molar-refractivity contribution in [3.05, 3.63) is 89.7 Å². The fourth-order valence-electron chi connectivity index (χ4n) is 5.65. The van der Waals surface area contributed by atoms with Gasteiger partial charge in [0, 0.05) is 38.0 Å². The van der Waals surface area contributed by atoms with Gasteiger partial charge in [0.2, 0.25) is 0 Å². The van der Waals surface area contributed by atoms with Crippen molar-refractivity contribution in [1.29, 1.82) is 5.41 Å². The molecule has 0 spiro atoms. The number of benzene rings is 3. The van der Waals surface area contributed by atoms with E-state index >= 15 is 0 Å². The highest BCUT2D eigenvalue weighted by Crippen LogP contribution is 2.29. The normalized spacial score (nSPS) is 13.2. The lowest BCUT2D eigenvalue weighted by atomic mass is 10.1. The van der Waals surface area contributed by atoms with Crippen molar-refractivity contribution in [3.8, 4) is 0 Å². The summed E-state index contributed by atoms with van der Waals surface area (Å²) in [6.07, 6.45) is 3.64. The SMILES string of the molecule is CCOC(=O)CCCn1c(Cc2ccc(C(=N)N)cc2)nc2cc(N(CCN3CCCC3)S(=O)(=O)c3ccccc3)ccc21.Cl.Cl. The first-order valence-electron chi connectivity index (χ1n) is 15.1. The van der Waals surface area contributed by atoms with Crippen LogP contribution in [0.3, 0.4) is 0 Å². The number of nitrogens with zero attached hydrogens (tertiary/aromatic N) is 4. The molecule has 13 heteroatoms. The number of imidazole rings is 1. The lowest BCUT2D eigenvalue weighted by molar-refractivity contribution is -0.143. The second-order valence-corrected chi connectivity index (χ2v) is 12.8. The van der Waals surface area contributed by atoms with E-state index in [9.17, 15) is 13.2 Å². The number of fused-ring (bicyclic) bond motifs is 1. The molecule has 0 aliphatic carbocycles. The van der Waals surface area contributed by atoms with Crippen molar-refractivity contribution in [2.24, 2.45) is 5.73 Å². The number of hydrogen-bond donors (Lipinski definition) is 2. The molecule has 3 N–H and O–H groups in total. The maximum atomic E-state index is 13.9. The van der Waals surface area contributed by atoms with Crippen LogP contribution in [0, 0.1) is 5.41 Å². The van der Waals surface area contributed by atoms with Crippen molar-refractivity contribution < 1.29 is 17.9 Å². The molecule has 46 heavy (non-hydrogen) atoms. The van der Waals surface area contributed by atoms with E-state index in [0.717, 1.165) is 42.8 Å². The number of anilines is 1. The molecule has 0 atom stereocenters. The second kappa shape index (κ2) is 16.8. The van der Waals surface area contributed by atoms with E-state index in [-0.39, 0.29) is 47.9 Å². The molecular weight excluding hydrogens is 647 g/mol. The minimum absolute atomic E-state index is 0. The number of carbonyl (C=O) groups is 1. The van der Waals surface area contributed by atoms with Gasteiger partial charge >= 0.3 is 5.97 Å². The molecule has 0 bridgehead atoms. The number of likely N-dealkylation sites (tertiary alicyclic amines) is 1. The van der Waals surface area contributed by atoms with Crippen LogP contribution in [0.25, 0.3) is 11.0 Å². The van der Waals surface area contributed by atoms with Gasteiger partial charge in [0.25, 0.3) is 10.0 Å². The molecule has 0 radical (unpaired) electrons. The number of aryl methyl sites for hydroxylation is 1. The predicted molar refractivity (Wildman–Crippen MR) is 187 cm³/mol. The zero-order valence-electron chi connectivity index (χ0n) is 25.9. The highest BCUT2D eigenvalue weighted by Gasteiger charge is 2.27. The fraction of sp³-hybridized carbons (Fsp3) is 0.364. The smallest absolute Gasteiger partial charge is 0.305 e. The van der Waals surface area contributed by atoms with Gasteiger partial charge in [0.1, 0.15) is 11.7 Å². The van der Waals surface area contributed by atoms with E-state index in [0.29, 0.717) is 55.9 Å². The Morgan fingerprint density at radius 2 is 1.70 bits per heavy atom. The number of halogens is 2. The number of rotatable bonds is 14. The summed E-state index contributed by atoms with van der Waals surface area (Å²) in [5.74, 6) is 0.571. The molecule has 1 saturated heterocycles. The Kier molecular flexibility index (Phi) is 13.4. The molecule has 0 amide bonds. The van der Waals surface area contributed by atoms with Gasteiger partial charge in [0.05, 0.1) is 28.2 Å². The topological polar surface area (TPSA) is 135 Å². The van der Waals surface area contributed by atoms with Crippen molar-refractivity contribution in [2.75, 3.05) is 37.1 Å². The Morgan fingerprint density at radius 1 is 1.00 bits per heavy atom. The molecule has 1 aliphatic rings. The first-order chi connectivity index (χ1) is 21.3. The van der Waals surface area contributed by atoms with Crippen molar-refractivity contribution in [3.63, 3.8) is 0 Å². The van der Waals surface area contributed by atoms with E-state index < -0.39 is 10.0 Å². The van der Waals surface area contributed by atoms with Crippen LogP contribution in [0.5, 0.6) is 0 Å². The number of nitrogen functional groups attached to an aromatic ring is 1. The summed E-state index contributed by atoms with van der Waals surface area (Å²) in [7, 11) is -3.81. The number of aromatic nitrogens is 2. The number of nitrogens with two attached hydrogens (primary N) is 1. The van der Waals surface area contributed by atoms with Crippen LogP contribution in [0.2, 0.25) is 0 Å². The monoisotopic (exact) mass is 688 g/mol. The predicted octanol–water partition coefficient (Wildman–Crippen LogP) is 5.39. The van der Waals surface area contributed by atoms with Crippen LogP contribution in [0.4, 0.5) is 5.69 Å². The first-order valence-corrected chi connectivity index (χ1v) is 16.6. The summed E-state index contributed by atoms with van der Waals surface area (Å²) in [6, 6.07) is 21.7. The quantitative estimate of drug-likeness (QED) is 0.103. The number of esters is 1. The Morgan fingerprint density at radius 3 is 2.35 bits per heavy atom. The molecule has 0 unspecified atom stereocenters. The summed E-state index contributed by atoms with van der Waals surface area (Å²) in [5, 5.41) is 7.68. The number of ether oxygens (including phenoxy) is 1. The van der Waals surface area contributed by atoms with Crippen molar-refractivity contribution in [2.45, 2.75) is 50.5 Å². The number of sulfonamides is 1. The van der Waals surface area contributed by atoms with Crippen molar-refractivity contribution in [1.82, 2.24) is 14.5 Å². The molecule has 0 saturated carbocycles. The molecule has 3 aromatic carbocycles. The minimum Gasteiger partial charge on any atom is -0.466 e. The largest absolute Gasteiger partial charge is 0.466 e. The molecule has 1 fully saturated rings. The zero-order valence-corrected chi connectivity index (χ0v) is 28.4. The van der Waals surface area contributed by atoms with E-state index in [4.69, 9.17) is 20.9 Å². The van der Waals surface area contributed by atoms with Gasteiger partial charge < -0.3 is 19.9 Å². The van der Waals surface area contributed by atoms with Crippen LogP contribution in [0.1, 0.15) is 49.6 Å². The van der Waals surface area contributed by atoms with Crippen LogP contribution in [-0.4, -0.2) is 67.5 Å². The average Bonchev–Trinajstić information content (AvgIpc) is 3.66. The van der Waals surface area contributed by atoms with Gasteiger partial charge in [-0.2, -0.15) is 0 Å². The van der Waals surface area contributed by atoms with Gasteiger partial charge in [-0.25, -0.2) is 13.4 Å². The Bertz CT molecular complexity index is 1710. The summed E-state index contributed by atoms with van der Waals surface area (Å²) in [6.45, 7) is 5.62. The molecule has 1 aliphatic heterocycles. The highest BCUT2D eigenvalue weighted by molar-refractivity contribution is 7.92. The maximum Gasteiger partial charge on any atom is 0.305 e. The molecule has 248 valence electrons. The molecule has 2 heterocycles. The summed E-state index contributed by atoms with van der Waals surface area (Å²) in [4.78, 5) is 19.6. The van der Waals surface area contributed by atoms with Crippen molar-refractivity contribution >= 4 is 63.4 Å². The third-order valence-electron chi connectivity index (χ3n) is 7.94. The fourth-order valence-corrected chi connectivity index (χ4v) is 7.12. The van der Waals surface area contributed by atoms with Crippen LogP contribution in [-0.2, 0) is 32.5 Å². The van der Waals surface area contributed by atoms with Crippen LogP contribution in [0.15, 0.2) is 77.7 Å². The average molecular weight is 690 g/mol. The van der Waals surface area contributed by atoms with Gasteiger partial charge in [-0.05, 0) is 75.2 Å². The van der Waals surface area contributed by atoms with E-state index in [1.54, 1.807) is 31.2 Å². The second-order valence-electron chi connectivity index (χ2n) is 11.0. The highest BCUT2D eigenvalue weighted by atomic mass is 35.5. The van der Waals surface area contributed by atoms with Gasteiger partial charge in [-0.15, -0.1) is 24.8 Å². The van der Waals surface area contributed by atoms with Crippen LogP contribution >= 0.6 is 24.8 Å². The first kappa shape index (κ1) is 36.8. The van der Waals surface area contributed by atoms with Gasteiger partial charge in [-0.1, -0.05) is 42.5 Å². The summed E-state index contributed by atoms with van der Waals surface area (Å²) < 4.78 is 36.6. The molecule has 5 rings (SSSR count). The third-order valence-corrected chi connectivity index (χ3v) is 9.78. The zero-order chi connectivity index (χ0) is 31.1. The Balaban J connectivity index is 0.00000288. The Hall–Kier alpha value is -3.64. The summed E-state index contributed by atoms with van der Waals surface area (Å²) in [5.41, 5.74) is 9.39. The molecule has 1 aromatic heterocycles. The standard InChI is InChI=1S/C33H40N6O4S.2ClH/c1-2-43-32(40)11-8-20-38-30-17-16-27(24-29(30)36-31(38)23-25-12-14-26(15-13-25)33(34)35)39(22-21-37-18-6-7-19-37)44(41,42)28-9-4-3-5-10-28;;/h3-5,9-10,12-17,24H,2,6-8,11,18-23H2,1H3,(H3,34,35);2*1H.